The first kappa shape index (κ1) is 23.5. The number of rotatable bonds is 8. The molecular formula is C25H24ClN3O5. The molecule has 176 valence electrons. The molecule has 3 aromatic rings. The van der Waals surface area contributed by atoms with Crippen molar-refractivity contribution in [2.45, 2.75) is 38.6 Å². The first-order valence-electron chi connectivity index (χ1n) is 11.0. The number of fused-ring (bicyclic) bond motifs is 1. The van der Waals surface area contributed by atoms with Gasteiger partial charge in [-0.05, 0) is 61.4 Å². The van der Waals surface area contributed by atoms with Crippen molar-refractivity contribution in [2.24, 2.45) is 5.10 Å². The fourth-order valence-electron chi connectivity index (χ4n) is 3.95. The number of hydrogen-bond donors (Lipinski definition) is 2. The van der Waals surface area contributed by atoms with Crippen molar-refractivity contribution in [3.05, 3.63) is 64.8 Å². The Bertz CT molecular complexity index is 1260. The SMILES string of the molecule is CCOc1ccc2cc(C3CC(c4ccc(O)cc4)=NN3C(=O)CCCC(=O)O)c(Cl)nc2c1. The van der Waals surface area contributed by atoms with Crippen LogP contribution in [0.3, 0.4) is 0 Å². The van der Waals surface area contributed by atoms with Gasteiger partial charge in [-0.2, -0.15) is 5.10 Å². The van der Waals surface area contributed by atoms with Gasteiger partial charge in [-0.1, -0.05) is 11.6 Å². The van der Waals surface area contributed by atoms with Crippen molar-refractivity contribution >= 4 is 40.1 Å². The van der Waals surface area contributed by atoms with Gasteiger partial charge in [0.1, 0.15) is 16.7 Å². The minimum absolute atomic E-state index is 0.0471. The largest absolute Gasteiger partial charge is 0.508 e. The number of hydrazone groups is 1. The lowest BCUT2D eigenvalue weighted by atomic mass is 9.98. The minimum Gasteiger partial charge on any atom is -0.508 e. The zero-order valence-corrected chi connectivity index (χ0v) is 19.3. The summed E-state index contributed by atoms with van der Waals surface area (Å²) < 4.78 is 5.54. The lowest BCUT2D eigenvalue weighted by molar-refractivity contribution is -0.137. The molecule has 4 rings (SSSR count). The molecule has 0 aliphatic carbocycles. The van der Waals surface area contributed by atoms with Crippen LogP contribution in [0.1, 0.15) is 49.8 Å². The monoisotopic (exact) mass is 481 g/mol. The molecular weight excluding hydrogens is 458 g/mol. The van der Waals surface area contributed by atoms with Crippen LogP contribution in [-0.2, 0) is 9.59 Å². The average Bonchev–Trinajstić information content (AvgIpc) is 3.24. The smallest absolute Gasteiger partial charge is 0.303 e. The van der Waals surface area contributed by atoms with Gasteiger partial charge in [0, 0.05) is 36.3 Å². The lowest BCUT2D eigenvalue weighted by Crippen LogP contribution is -2.27. The number of carboxylic acids is 1. The maximum absolute atomic E-state index is 13.0. The van der Waals surface area contributed by atoms with E-state index in [2.05, 4.69) is 10.1 Å². The van der Waals surface area contributed by atoms with Crippen LogP contribution in [0.4, 0.5) is 0 Å². The predicted octanol–water partition coefficient (Wildman–Crippen LogP) is 4.93. The number of ether oxygens (including phenoxy) is 1. The van der Waals surface area contributed by atoms with Crippen LogP contribution in [0, 0.1) is 0 Å². The number of phenols is 1. The van der Waals surface area contributed by atoms with E-state index in [1.807, 2.05) is 31.2 Å². The Morgan fingerprint density at radius 3 is 2.62 bits per heavy atom. The molecule has 1 aromatic heterocycles. The molecule has 2 heterocycles. The molecule has 0 saturated heterocycles. The highest BCUT2D eigenvalue weighted by atomic mass is 35.5. The highest BCUT2D eigenvalue weighted by molar-refractivity contribution is 6.30. The average molecular weight is 482 g/mol. The van der Waals surface area contributed by atoms with Crippen LogP contribution in [0.5, 0.6) is 11.5 Å². The molecule has 8 nitrogen and oxygen atoms in total. The molecule has 1 atom stereocenters. The van der Waals surface area contributed by atoms with Crippen LogP contribution in [0.2, 0.25) is 5.15 Å². The number of aromatic hydroxyl groups is 1. The molecule has 0 saturated carbocycles. The molecule has 2 N–H and O–H groups in total. The Balaban J connectivity index is 1.68. The van der Waals surface area contributed by atoms with Gasteiger partial charge in [0.2, 0.25) is 5.91 Å². The number of hydrogen-bond acceptors (Lipinski definition) is 6. The second kappa shape index (κ2) is 10.1. The summed E-state index contributed by atoms with van der Waals surface area (Å²) in [5, 5.41) is 25.6. The summed E-state index contributed by atoms with van der Waals surface area (Å²) in [6.45, 7) is 2.44. The highest BCUT2D eigenvalue weighted by Crippen LogP contribution is 2.38. The fraction of sp³-hybridized carbons (Fsp3) is 0.280. The Kier molecular flexibility index (Phi) is 6.98. The molecule has 1 amide bonds. The van der Waals surface area contributed by atoms with Crippen LogP contribution < -0.4 is 4.74 Å². The molecule has 2 aromatic carbocycles. The number of amides is 1. The maximum Gasteiger partial charge on any atom is 0.303 e. The summed E-state index contributed by atoms with van der Waals surface area (Å²) in [7, 11) is 0. The zero-order chi connectivity index (χ0) is 24.2. The van der Waals surface area contributed by atoms with Gasteiger partial charge in [0.25, 0.3) is 0 Å². The molecule has 0 bridgehead atoms. The number of carbonyl (C=O) groups is 2. The Morgan fingerprint density at radius 2 is 1.91 bits per heavy atom. The van der Waals surface area contributed by atoms with E-state index >= 15 is 0 Å². The summed E-state index contributed by atoms with van der Waals surface area (Å²) in [6.07, 6.45) is 0.565. The van der Waals surface area contributed by atoms with Gasteiger partial charge < -0.3 is 14.9 Å². The zero-order valence-electron chi connectivity index (χ0n) is 18.6. The second-order valence-corrected chi connectivity index (χ2v) is 8.31. The quantitative estimate of drug-likeness (QED) is 0.441. The summed E-state index contributed by atoms with van der Waals surface area (Å²) in [4.78, 5) is 28.5. The standard InChI is InChI=1S/C25H24ClN3O5/c1-2-34-18-11-8-16-12-19(25(26)27-20(16)13-18)22-14-21(15-6-9-17(30)10-7-15)28-29(22)23(31)4-3-5-24(32)33/h6-13,22,30H,2-5,14H2,1H3,(H,32,33). The molecule has 0 radical (unpaired) electrons. The highest BCUT2D eigenvalue weighted by Gasteiger charge is 2.34. The van der Waals surface area contributed by atoms with Gasteiger partial charge in [-0.3, -0.25) is 9.59 Å². The number of aromatic nitrogens is 1. The van der Waals surface area contributed by atoms with E-state index in [4.69, 9.17) is 21.4 Å². The molecule has 1 aliphatic rings. The number of phenolic OH excluding ortho intramolecular Hbond substituents is 1. The second-order valence-electron chi connectivity index (χ2n) is 7.96. The normalized spacial score (nSPS) is 15.4. The van der Waals surface area contributed by atoms with Crippen molar-refractivity contribution in [1.29, 1.82) is 0 Å². The molecule has 34 heavy (non-hydrogen) atoms. The summed E-state index contributed by atoms with van der Waals surface area (Å²) in [5.74, 6) is -0.413. The maximum atomic E-state index is 13.0. The Labute approximate surface area is 201 Å². The van der Waals surface area contributed by atoms with Crippen LogP contribution in [0.15, 0.2) is 53.6 Å². The summed E-state index contributed by atoms with van der Waals surface area (Å²) >= 11 is 6.59. The molecule has 1 unspecified atom stereocenters. The van der Waals surface area contributed by atoms with E-state index in [0.717, 1.165) is 10.9 Å². The third kappa shape index (κ3) is 5.12. The third-order valence-electron chi connectivity index (χ3n) is 5.59. The number of nitrogens with zero attached hydrogens (tertiary/aromatic N) is 3. The summed E-state index contributed by atoms with van der Waals surface area (Å²) in [5.41, 5.74) is 2.77. The van der Waals surface area contributed by atoms with Gasteiger partial charge in [0.15, 0.2) is 0 Å². The fourth-order valence-corrected chi connectivity index (χ4v) is 4.22. The summed E-state index contributed by atoms with van der Waals surface area (Å²) in [6, 6.07) is 13.6. The van der Waals surface area contributed by atoms with E-state index in [1.165, 1.54) is 5.01 Å². The van der Waals surface area contributed by atoms with Gasteiger partial charge in [0.05, 0.1) is 23.9 Å². The molecule has 0 spiro atoms. The van der Waals surface area contributed by atoms with Crippen LogP contribution in [-0.4, -0.2) is 44.4 Å². The Hall–Kier alpha value is -3.65. The van der Waals surface area contributed by atoms with Crippen molar-refractivity contribution in [2.75, 3.05) is 6.61 Å². The van der Waals surface area contributed by atoms with E-state index < -0.39 is 12.0 Å². The van der Waals surface area contributed by atoms with Crippen molar-refractivity contribution in [1.82, 2.24) is 9.99 Å². The van der Waals surface area contributed by atoms with Crippen LogP contribution >= 0.6 is 11.6 Å². The van der Waals surface area contributed by atoms with E-state index in [0.29, 0.717) is 35.6 Å². The van der Waals surface area contributed by atoms with Gasteiger partial charge in [-0.25, -0.2) is 9.99 Å². The molecule has 0 fully saturated rings. The van der Waals surface area contributed by atoms with Crippen molar-refractivity contribution in [3.63, 3.8) is 0 Å². The van der Waals surface area contributed by atoms with E-state index in [-0.39, 0.29) is 36.1 Å². The minimum atomic E-state index is -0.952. The van der Waals surface area contributed by atoms with Gasteiger partial charge in [-0.15, -0.1) is 0 Å². The number of aliphatic carboxylic acids is 1. The molecule has 1 aliphatic heterocycles. The number of benzene rings is 2. The molecule has 9 heteroatoms. The predicted molar refractivity (Wildman–Crippen MR) is 128 cm³/mol. The van der Waals surface area contributed by atoms with E-state index in [1.54, 1.807) is 24.3 Å². The third-order valence-corrected chi connectivity index (χ3v) is 5.89. The lowest BCUT2D eigenvalue weighted by Gasteiger charge is -2.23. The van der Waals surface area contributed by atoms with Crippen molar-refractivity contribution in [3.8, 4) is 11.5 Å². The number of halogens is 1. The van der Waals surface area contributed by atoms with Gasteiger partial charge >= 0.3 is 5.97 Å². The number of carbonyl (C=O) groups excluding carboxylic acids is 1. The number of pyridine rings is 1. The topological polar surface area (TPSA) is 112 Å². The first-order chi connectivity index (χ1) is 16.4. The Morgan fingerprint density at radius 1 is 1.15 bits per heavy atom. The first-order valence-corrected chi connectivity index (χ1v) is 11.4. The van der Waals surface area contributed by atoms with Crippen molar-refractivity contribution < 1.29 is 24.5 Å². The van der Waals surface area contributed by atoms with Crippen LogP contribution in [0.25, 0.3) is 10.9 Å². The van der Waals surface area contributed by atoms with E-state index in [9.17, 15) is 14.7 Å². The number of carboxylic acid groups (broad SMARTS) is 1.